The van der Waals surface area contributed by atoms with Gasteiger partial charge in [0.25, 0.3) is 0 Å². The molecule has 0 aromatic heterocycles. The highest BCUT2D eigenvalue weighted by Gasteiger charge is 1.96. The Morgan fingerprint density at radius 2 is 2.56 bits per heavy atom. The lowest BCUT2D eigenvalue weighted by Crippen LogP contribution is -2.07. The Balaban J connectivity index is 3.36. The molecule has 0 rings (SSSR count). The average Bonchev–Trinajstić information content (AvgIpc) is 1.85. The fourth-order valence-corrected chi connectivity index (χ4v) is 0.398. The fraction of sp³-hybridized carbons (Fsp3) is 0.600. The van der Waals surface area contributed by atoms with Crippen LogP contribution < -0.4 is 0 Å². The fourth-order valence-electron chi connectivity index (χ4n) is 0.398. The topological polar surface area (TPSA) is 69.0 Å². The third-order valence-corrected chi connectivity index (χ3v) is 0.794. The molecule has 9 heavy (non-hydrogen) atoms. The Hall–Kier alpha value is -0.990. The van der Waals surface area contributed by atoms with Crippen LogP contribution in [0.15, 0.2) is 17.8 Å². The van der Waals surface area contributed by atoms with Crippen molar-refractivity contribution in [2.24, 2.45) is 5.11 Å². The molecule has 50 valence electrons. The van der Waals surface area contributed by atoms with Crippen molar-refractivity contribution in [1.29, 1.82) is 0 Å². The van der Waals surface area contributed by atoms with Crippen LogP contribution in [0.1, 0.15) is 6.42 Å². The summed E-state index contributed by atoms with van der Waals surface area (Å²) < 4.78 is 0. The highest BCUT2D eigenvalue weighted by Crippen LogP contribution is 1.91. The summed E-state index contributed by atoms with van der Waals surface area (Å²) in [5, 5.41) is 12.0. The lowest BCUT2D eigenvalue weighted by atomic mass is 10.2. The van der Waals surface area contributed by atoms with Crippen LogP contribution in [0.3, 0.4) is 0 Å². The first-order valence-electron chi connectivity index (χ1n) is 2.61. The van der Waals surface area contributed by atoms with Gasteiger partial charge in [-0.3, -0.25) is 0 Å². The van der Waals surface area contributed by atoms with Gasteiger partial charge in [-0.25, -0.2) is 0 Å². The molecule has 1 atom stereocenters. The van der Waals surface area contributed by atoms with Crippen molar-refractivity contribution in [1.82, 2.24) is 0 Å². The van der Waals surface area contributed by atoms with Gasteiger partial charge in [0, 0.05) is 4.91 Å². The van der Waals surface area contributed by atoms with Gasteiger partial charge in [0.05, 0.1) is 12.6 Å². The molecule has 1 N–H and O–H groups in total. The molecule has 0 aromatic rings. The standard InChI is InChI=1S/C5H9N3O/c1-2-3-5(9)4-7-8-6/h2,5,9H,1,3-4H2. The summed E-state index contributed by atoms with van der Waals surface area (Å²) in [7, 11) is 0. The summed E-state index contributed by atoms with van der Waals surface area (Å²) in [5.41, 5.74) is 7.80. The normalized spacial score (nSPS) is 11.7. The van der Waals surface area contributed by atoms with Crippen LogP contribution in [0.4, 0.5) is 0 Å². The molecule has 0 aromatic carbocycles. The summed E-state index contributed by atoms with van der Waals surface area (Å²) in [6, 6.07) is 0. The van der Waals surface area contributed by atoms with Gasteiger partial charge in [0.15, 0.2) is 0 Å². The average molecular weight is 127 g/mol. The Kier molecular flexibility index (Phi) is 4.59. The van der Waals surface area contributed by atoms with Gasteiger partial charge in [0.2, 0.25) is 0 Å². The molecular weight excluding hydrogens is 118 g/mol. The zero-order chi connectivity index (χ0) is 7.11. The molecule has 4 nitrogen and oxygen atoms in total. The van der Waals surface area contributed by atoms with Crippen molar-refractivity contribution >= 4 is 0 Å². The molecule has 0 radical (unpaired) electrons. The second-order valence-electron chi connectivity index (χ2n) is 1.59. The molecular formula is C5H9N3O. The first-order chi connectivity index (χ1) is 4.31. The second kappa shape index (κ2) is 5.15. The SMILES string of the molecule is C=CCC(O)CN=[N+]=[N-]. The molecule has 0 heterocycles. The molecule has 0 saturated carbocycles. The minimum absolute atomic E-state index is 0.127. The van der Waals surface area contributed by atoms with Gasteiger partial charge in [-0.05, 0) is 12.0 Å². The maximum atomic E-state index is 8.84. The van der Waals surface area contributed by atoms with E-state index in [4.69, 9.17) is 10.6 Å². The van der Waals surface area contributed by atoms with E-state index >= 15 is 0 Å². The van der Waals surface area contributed by atoms with E-state index in [1.54, 1.807) is 6.08 Å². The van der Waals surface area contributed by atoms with E-state index in [-0.39, 0.29) is 6.54 Å². The minimum Gasteiger partial charge on any atom is -0.393 e. The molecule has 1 unspecified atom stereocenters. The molecule has 0 amide bonds. The summed E-state index contributed by atoms with van der Waals surface area (Å²) in [6.07, 6.45) is 1.48. The minimum atomic E-state index is -0.571. The molecule has 0 aliphatic heterocycles. The number of azide groups is 1. The molecule has 0 aliphatic rings. The number of aliphatic hydroxyl groups is 1. The van der Waals surface area contributed by atoms with Crippen LogP contribution >= 0.6 is 0 Å². The number of hydrogen-bond acceptors (Lipinski definition) is 2. The van der Waals surface area contributed by atoms with E-state index in [9.17, 15) is 0 Å². The van der Waals surface area contributed by atoms with E-state index in [0.29, 0.717) is 6.42 Å². The summed E-state index contributed by atoms with van der Waals surface area (Å²) >= 11 is 0. The number of nitrogens with zero attached hydrogens (tertiary/aromatic N) is 3. The molecule has 0 spiro atoms. The lowest BCUT2D eigenvalue weighted by Gasteiger charge is -1.99. The van der Waals surface area contributed by atoms with Gasteiger partial charge in [0.1, 0.15) is 0 Å². The highest BCUT2D eigenvalue weighted by atomic mass is 16.3. The van der Waals surface area contributed by atoms with Crippen molar-refractivity contribution < 1.29 is 5.11 Å². The Morgan fingerprint density at radius 1 is 1.89 bits per heavy atom. The van der Waals surface area contributed by atoms with Gasteiger partial charge >= 0.3 is 0 Å². The van der Waals surface area contributed by atoms with E-state index < -0.39 is 6.10 Å². The van der Waals surface area contributed by atoms with Gasteiger partial charge < -0.3 is 5.11 Å². The maximum absolute atomic E-state index is 8.84. The smallest absolute Gasteiger partial charge is 0.0630 e. The zero-order valence-electron chi connectivity index (χ0n) is 5.06. The van der Waals surface area contributed by atoms with Crippen LogP contribution in [0.5, 0.6) is 0 Å². The largest absolute Gasteiger partial charge is 0.393 e. The van der Waals surface area contributed by atoms with E-state index in [0.717, 1.165) is 0 Å². The van der Waals surface area contributed by atoms with Crippen LogP contribution in [0, 0.1) is 0 Å². The van der Waals surface area contributed by atoms with Crippen LogP contribution in [0.25, 0.3) is 10.4 Å². The zero-order valence-corrected chi connectivity index (χ0v) is 5.06. The maximum Gasteiger partial charge on any atom is 0.0630 e. The monoisotopic (exact) mass is 127 g/mol. The van der Waals surface area contributed by atoms with Crippen molar-refractivity contribution in [3.05, 3.63) is 23.1 Å². The lowest BCUT2D eigenvalue weighted by molar-refractivity contribution is 0.186. The first-order valence-corrected chi connectivity index (χ1v) is 2.61. The summed E-state index contributed by atoms with van der Waals surface area (Å²) in [6.45, 7) is 3.54. The van der Waals surface area contributed by atoms with Crippen LogP contribution in [0.2, 0.25) is 0 Å². The van der Waals surface area contributed by atoms with Crippen LogP contribution in [-0.4, -0.2) is 17.8 Å². The number of rotatable bonds is 4. The van der Waals surface area contributed by atoms with Crippen molar-refractivity contribution in [3.8, 4) is 0 Å². The molecule has 0 aliphatic carbocycles. The van der Waals surface area contributed by atoms with Crippen molar-refractivity contribution in [3.63, 3.8) is 0 Å². The van der Waals surface area contributed by atoms with E-state index in [1.165, 1.54) is 0 Å². The predicted molar refractivity (Wildman–Crippen MR) is 34.8 cm³/mol. The van der Waals surface area contributed by atoms with Crippen molar-refractivity contribution in [2.45, 2.75) is 12.5 Å². The van der Waals surface area contributed by atoms with Crippen LogP contribution in [-0.2, 0) is 0 Å². The molecule has 0 fully saturated rings. The Labute approximate surface area is 53.4 Å². The predicted octanol–water partition coefficient (Wildman–Crippen LogP) is 1.23. The number of hydrogen-bond donors (Lipinski definition) is 1. The Morgan fingerprint density at radius 3 is 3.00 bits per heavy atom. The highest BCUT2D eigenvalue weighted by molar-refractivity contribution is 4.73. The third kappa shape index (κ3) is 4.87. The van der Waals surface area contributed by atoms with E-state index in [2.05, 4.69) is 16.6 Å². The number of aliphatic hydroxyl groups excluding tert-OH is 1. The second-order valence-corrected chi connectivity index (χ2v) is 1.59. The van der Waals surface area contributed by atoms with Crippen molar-refractivity contribution in [2.75, 3.05) is 6.54 Å². The first kappa shape index (κ1) is 8.01. The summed E-state index contributed by atoms with van der Waals surface area (Å²) in [4.78, 5) is 2.49. The van der Waals surface area contributed by atoms with E-state index in [1.807, 2.05) is 0 Å². The summed E-state index contributed by atoms with van der Waals surface area (Å²) in [5.74, 6) is 0. The molecule has 4 heteroatoms. The quantitative estimate of drug-likeness (QED) is 0.262. The molecule has 0 saturated heterocycles. The third-order valence-electron chi connectivity index (χ3n) is 0.794. The van der Waals surface area contributed by atoms with Gasteiger partial charge in [-0.15, -0.1) is 6.58 Å². The Bertz CT molecular complexity index is 128. The van der Waals surface area contributed by atoms with Gasteiger partial charge in [-0.2, -0.15) is 0 Å². The van der Waals surface area contributed by atoms with Gasteiger partial charge in [-0.1, -0.05) is 11.2 Å². The molecule has 0 bridgehead atoms.